The van der Waals surface area contributed by atoms with Crippen molar-refractivity contribution < 1.29 is 0 Å². The van der Waals surface area contributed by atoms with E-state index in [2.05, 4.69) is 13.8 Å². The topological polar surface area (TPSA) is 0 Å². The van der Waals surface area contributed by atoms with Crippen LogP contribution >= 0.6 is 24.9 Å². The van der Waals surface area contributed by atoms with Gasteiger partial charge in [-0.05, 0) is 61.4 Å². The maximum Gasteiger partial charge on any atom is 0.146 e. The van der Waals surface area contributed by atoms with Crippen molar-refractivity contribution in [2.45, 2.75) is 115 Å². The van der Waals surface area contributed by atoms with Crippen LogP contribution in [-0.2, 0) is 0 Å². The number of unbranched alkanes of at least 4 members (excludes halogenated alkanes) is 2. The minimum Gasteiger partial charge on any atom is -0.114 e. The first kappa shape index (κ1) is 21.7. The Bertz CT molecular complexity index is 408. The molecule has 2 unspecified atom stereocenters. The smallest absolute Gasteiger partial charge is 0.114 e. The van der Waals surface area contributed by atoms with Crippen molar-refractivity contribution in [1.82, 2.24) is 0 Å². The molecule has 3 aliphatic heterocycles. The van der Waals surface area contributed by atoms with Crippen LogP contribution in [0.15, 0.2) is 0 Å². The lowest BCUT2D eigenvalue weighted by Gasteiger charge is -2.47. The molecule has 0 nitrogen and oxygen atoms in total. The highest BCUT2D eigenvalue weighted by atomic mass is 79.9. The first-order valence-electron chi connectivity index (χ1n) is 12.0. The van der Waals surface area contributed by atoms with Crippen LogP contribution in [0.1, 0.15) is 90.9 Å². The molecule has 0 spiro atoms. The van der Waals surface area contributed by atoms with E-state index < -0.39 is 0 Å². The van der Waals surface area contributed by atoms with Gasteiger partial charge in [-0.1, -0.05) is 83.2 Å². The number of halogens is 1. The first-order chi connectivity index (χ1) is 12.2. The maximum atomic E-state index is 2.58. The van der Waals surface area contributed by atoms with E-state index in [9.17, 15) is 0 Å². The number of fused-ring (bicyclic) bond motifs is 4. The van der Waals surface area contributed by atoms with Gasteiger partial charge in [0.1, 0.15) is 6.71 Å². The molecule has 3 heterocycles. The van der Waals surface area contributed by atoms with Crippen LogP contribution < -0.4 is 0 Å². The molecule has 1 saturated carbocycles. The Labute approximate surface area is 176 Å². The fourth-order valence-corrected chi connectivity index (χ4v) is 11.3. The predicted molar refractivity (Wildman–Crippen MR) is 126 cm³/mol. The molecule has 4 aliphatic rings. The molecular weight excluding hydrogens is 398 g/mol. The van der Waals surface area contributed by atoms with Crippen molar-refractivity contribution in [3.8, 4) is 0 Å². The van der Waals surface area contributed by atoms with Crippen molar-refractivity contribution in [2.24, 2.45) is 17.8 Å². The van der Waals surface area contributed by atoms with E-state index in [1.807, 2.05) is 0 Å². The summed E-state index contributed by atoms with van der Waals surface area (Å²) >= 11 is 0. The fraction of sp³-hybridized carbons (Fsp3) is 1.00. The monoisotopic (exact) mass is 440 g/mol. The molecule has 0 aromatic carbocycles. The standard InChI is InChI=1S/C23H42BP.BrH/c1-18-12-13-20-16-23(18)25(17-19(20)2)15-5-3-4-14-24-21-8-6-9-22(24)11-7-10-21;/h18-23H,3-17H2,1-2H3;1H/t18-,19?,20+,21?,22?,23+,25?;/m0./s1. The third-order valence-corrected chi connectivity index (χ3v) is 12.6. The van der Waals surface area contributed by atoms with Crippen molar-refractivity contribution in [2.75, 3.05) is 12.3 Å². The minimum atomic E-state index is 0. The van der Waals surface area contributed by atoms with Gasteiger partial charge in [-0.2, -0.15) is 0 Å². The molecule has 4 rings (SSSR count). The van der Waals surface area contributed by atoms with Gasteiger partial charge in [-0.15, -0.1) is 24.9 Å². The quantitative estimate of drug-likeness (QED) is 0.221. The van der Waals surface area contributed by atoms with Crippen molar-refractivity contribution in [3.63, 3.8) is 0 Å². The molecular formula is C23H43BBrP. The Morgan fingerprint density at radius 2 is 1.50 bits per heavy atom. The zero-order valence-electron chi connectivity index (χ0n) is 17.5. The molecule has 3 heteroatoms. The van der Waals surface area contributed by atoms with E-state index >= 15 is 0 Å². The van der Waals surface area contributed by atoms with E-state index in [4.69, 9.17) is 0 Å². The van der Waals surface area contributed by atoms with Crippen LogP contribution in [0, 0.1) is 17.8 Å². The van der Waals surface area contributed by atoms with Crippen LogP contribution in [0.3, 0.4) is 0 Å². The Morgan fingerprint density at radius 3 is 2.19 bits per heavy atom. The van der Waals surface area contributed by atoms with Gasteiger partial charge in [-0.25, -0.2) is 0 Å². The Balaban J connectivity index is 0.00000196. The number of hydrogen-bond donors (Lipinski definition) is 0. The zero-order valence-corrected chi connectivity index (χ0v) is 20.1. The third kappa shape index (κ3) is 4.93. The molecule has 1 aliphatic carbocycles. The van der Waals surface area contributed by atoms with Crippen LogP contribution in [0.25, 0.3) is 0 Å². The van der Waals surface area contributed by atoms with Crippen molar-refractivity contribution >= 4 is 31.6 Å². The lowest BCUT2D eigenvalue weighted by Crippen LogP contribution is -2.37. The highest BCUT2D eigenvalue weighted by Gasteiger charge is 2.40. The molecule has 3 saturated heterocycles. The van der Waals surface area contributed by atoms with Gasteiger partial charge in [-0.3, -0.25) is 0 Å². The molecule has 26 heavy (non-hydrogen) atoms. The second-order valence-corrected chi connectivity index (χ2v) is 13.1. The van der Waals surface area contributed by atoms with E-state index in [1.54, 1.807) is 95.7 Å². The molecule has 0 aromatic heterocycles. The highest BCUT2D eigenvalue weighted by molar-refractivity contribution is 8.93. The molecule has 0 radical (unpaired) electrons. The summed E-state index contributed by atoms with van der Waals surface area (Å²) in [5, 5.41) is 0. The lowest BCUT2D eigenvalue weighted by molar-refractivity contribution is 0.226. The first-order valence-corrected chi connectivity index (χ1v) is 13.7. The SMILES string of the molecule is Br.CC1CP(CCCCCB2C3CCCC2CCC3)[C@@H]2C[C@H]1CC[C@@H]2C. The summed E-state index contributed by atoms with van der Waals surface area (Å²) in [5.41, 5.74) is 1.16. The molecule has 150 valence electrons. The molecule has 4 bridgehead atoms. The largest absolute Gasteiger partial charge is 0.146 e. The van der Waals surface area contributed by atoms with E-state index in [0.29, 0.717) is 7.92 Å². The Kier molecular flexibility index (Phi) is 8.45. The fourth-order valence-electron chi connectivity index (χ4n) is 7.42. The summed E-state index contributed by atoms with van der Waals surface area (Å²) in [7, 11) is 0.370. The highest BCUT2D eigenvalue weighted by Crippen LogP contribution is 2.58. The third-order valence-electron chi connectivity index (χ3n) is 8.98. The van der Waals surface area contributed by atoms with Gasteiger partial charge in [0.25, 0.3) is 0 Å². The van der Waals surface area contributed by atoms with Gasteiger partial charge in [0.2, 0.25) is 0 Å². The van der Waals surface area contributed by atoms with Gasteiger partial charge in [0, 0.05) is 0 Å². The minimum absolute atomic E-state index is 0. The average Bonchev–Trinajstić information content (AvgIpc) is 2.60. The van der Waals surface area contributed by atoms with E-state index in [1.165, 1.54) is 0 Å². The molecule has 5 atom stereocenters. The van der Waals surface area contributed by atoms with Gasteiger partial charge >= 0.3 is 0 Å². The molecule has 0 amide bonds. The van der Waals surface area contributed by atoms with Crippen molar-refractivity contribution in [3.05, 3.63) is 0 Å². The second kappa shape index (κ2) is 10.1. The maximum absolute atomic E-state index is 2.58. The van der Waals surface area contributed by atoms with E-state index in [0.717, 1.165) is 41.8 Å². The Hall–Kier alpha value is 0.975. The molecule has 0 aromatic rings. The number of hydrogen-bond acceptors (Lipinski definition) is 0. The normalized spacial score (nSPS) is 42.2. The second-order valence-electron chi connectivity index (χ2n) is 10.5. The summed E-state index contributed by atoms with van der Waals surface area (Å²) in [6, 6.07) is 0. The van der Waals surface area contributed by atoms with E-state index in [-0.39, 0.29) is 17.0 Å². The summed E-state index contributed by atoms with van der Waals surface area (Å²) in [4.78, 5) is 0. The average molecular weight is 441 g/mol. The summed E-state index contributed by atoms with van der Waals surface area (Å²) in [6.45, 7) is 6.30. The summed E-state index contributed by atoms with van der Waals surface area (Å²) < 4.78 is 0. The van der Waals surface area contributed by atoms with Crippen LogP contribution in [0.5, 0.6) is 0 Å². The van der Waals surface area contributed by atoms with Crippen molar-refractivity contribution in [1.29, 1.82) is 0 Å². The number of rotatable bonds is 6. The zero-order chi connectivity index (χ0) is 17.2. The molecule has 0 N–H and O–H groups in total. The summed E-state index contributed by atoms with van der Waals surface area (Å²) in [6.07, 6.45) is 23.6. The van der Waals surface area contributed by atoms with Crippen LogP contribution in [-0.4, -0.2) is 24.7 Å². The van der Waals surface area contributed by atoms with Crippen LogP contribution in [0.4, 0.5) is 0 Å². The predicted octanol–water partition coefficient (Wildman–Crippen LogP) is 8.27. The van der Waals surface area contributed by atoms with Gasteiger partial charge < -0.3 is 0 Å². The summed E-state index contributed by atoms with van der Waals surface area (Å²) in [5.74, 6) is 5.48. The lowest BCUT2D eigenvalue weighted by atomic mass is 9.26. The van der Waals surface area contributed by atoms with Crippen LogP contribution in [0.2, 0.25) is 18.0 Å². The van der Waals surface area contributed by atoms with Gasteiger partial charge in [0.05, 0.1) is 0 Å². The Morgan fingerprint density at radius 1 is 0.808 bits per heavy atom. The molecule has 4 fully saturated rings. The van der Waals surface area contributed by atoms with Gasteiger partial charge in [0.15, 0.2) is 0 Å².